The van der Waals surface area contributed by atoms with Crippen molar-refractivity contribution < 1.29 is 13.9 Å². The molecule has 7 nitrogen and oxygen atoms in total. The van der Waals surface area contributed by atoms with Crippen LogP contribution in [0.15, 0.2) is 43.1 Å². The summed E-state index contributed by atoms with van der Waals surface area (Å²) in [7, 11) is 2.10. The van der Waals surface area contributed by atoms with Crippen LogP contribution in [-0.2, 0) is 17.6 Å². The number of ether oxygens (including phenoxy) is 1. The number of piperazine rings is 1. The lowest BCUT2D eigenvalue weighted by atomic mass is 9.97. The number of nitrogens with zero attached hydrogens (tertiary/aromatic N) is 3. The first-order valence-corrected chi connectivity index (χ1v) is 11.9. The minimum absolute atomic E-state index is 0.0766. The van der Waals surface area contributed by atoms with E-state index in [4.69, 9.17) is 10.5 Å². The number of carbonyl (C=O) groups is 1. The average molecular weight is 468 g/mol. The van der Waals surface area contributed by atoms with Gasteiger partial charge in [-0.15, -0.1) is 6.58 Å². The topological polar surface area (TPSA) is 83.7 Å². The van der Waals surface area contributed by atoms with Crippen molar-refractivity contribution in [3.05, 3.63) is 60.1 Å². The highest BCUT2D eigenvalue weighted by Gasteiger charge is 2.44. The Kier molecular flexibility index (Phi) is 7.48. The monoisotopic (exact) mass is 467 g/mol. The number of rotatable bonds is 10. The number of halogens is 1. The molecule has 0 aliphatic carbocycles. The van der Waals surface area contributed by atoms with Crippen LogP contribution in [0.4, 0.5) is 10.2 Å². The Balaban J connectivity index is 1.45. The smallest absolute Gasteiger partial charge is 0.227 e. The van der Waals surface area contributed by atoms with E-state index in [0.29, 0.717) is 37.0 Å². The van der Waals surface area contributed by atoms with E-state index in [9.17, 15) is 9.18 Å². The second-order valence-electron chi connectivity index (χ2n) is 9.14. The average Bonchev–Trinajstić information content (AvgIpc) is 3.42. The van der Waals surface area contributed by atoms with E-state index in [2.05, 4.69) is 28.8 Å². The summed E-state index contributed by atoms with van der Waals surface area (Å²) in [5.41, 5.74) is 7.57. The number of likely N-dealkylation sites (N-methyl/N-ethyl adjacent to an activating group) is 1. The summed E-state index contributed by atoms with van der Waals surface area (Å²) in [4.78, 5) is 21.8. The van der Waals surface area contributed by atoms with E-state index in [0.717, 1.165) is 30.6 Å². The number of carbonyl (C=O) groups excluding carboxylic acids is 1. The fourth-order valence-electron chi connectivity index (χ4n) is 5.03. The van der Waals surface area contributed by atoms with Gasteiger partial charge >= 0.3 is 0 Å². The number of nitrogens with two attached hydrogens (primary N) is 1. The third-order valence-electron chi connectivity index (χ3n) is 6.91. The van der Waals surface area contributed by atoms with Crippen molar-refractivity contribution in [2.75, 3.05) is 38.5 Å². The van der Waals surface area contributed by atoms with Gasteiger partial charge in [-0.1, -0.05) is 19.1 Å². The molecule has 0 radical (unpaired) electrons. The maximum Gasteiger partial charge on any atom is 0.227 e. The zero-order valence-electron chi connectivity index (χ0n) is 20.0. The van der Waals surface area contributed by atoms with Crippen LogP contribution in [0.2, 0.25) is 0 Å². The number of pyridine rings is 1. The van der Waals surface area contributed by atoms with E-state index < -0.39 is 5.82 Å². The Bertz CT molecular complexity index is 1040. The Morgan fingerprint density at radius 2 is 2.18 bits per heavy atom. The molecule has 2 aromatic rings. The SMILES string of the molecule is C=CCNc1nccc(Oc2ccc(CC(CN)C(=O)N3C[C@@H]4C[C@H]3CN4C)cc2F)c1CC. The molecule has 2 aliphatic heterocycles. The number of nitrogens with one attached hydrogen (secondary N) is 1. The summed E-state index contributed by atoms with van der Waals surface area (Å²) in [6.07, 6.45) is 5.49. The molecule has 4 rings (SSSR count). The van der Waals surface area contributed by atoms with E-state index in [1.54, 1.807) is 24.4 Å². The molecule has 2 aliphatic rings. The molecule has 182 valence electrons. The molecule has 3 atom stereocenters. The minimum atomic E-state index is -0.470. The predicted molar refractivity (Wildman–Crippen MR) is 132 cm³/mol. The molecule has 2 bridgehead atoms. The normalized spacial score (nSPS) is 20.4. The number of amides is 1. The molecule has 1 aromatic heterocycles. The number of fused-ring (bicyclic) bond motifs is 2. The molecule has 3 heterocycles. The van der Waals surface area contributed by atoms with Crippen LogP contribution in [0.3, 0.4) is 0 Å². The molecule has 2 saturated heterocycles. The number of benzene rings is 1. The largest absolute Gasteiger partial charge is 0.454 e. The van der Waals surface area contributed by atoms with Crippen molar-refractivity contribution in [2.45, 2.75) is 38.3 Å². The fourth-order valence-corrected chi connectivity index (χ4v) is 5.03. The second kappa shape index (κ2) is 10.5. The van der Waals surface area contributed by atoms with E-state index in [-0.39, 0.29) is 30.2 Å². The number of aromatic nitrogens is 1. The zero-order chi connectivity index (χ0) is 24.2. The van der Waals surface area contributed by atoms with Gasteiger partial charge in [0, 0.05) is 50.0 Å². The van der Waals surface area contributed by atoms with Crippen LogP contribution in [-0.4, -0.2) is 66.0 Å². The van der Waals surface area contributed by atoms with Crippen LogP contribution in [0.1, 0.15) is 24.5 Å². The van der Waals surface area contributed by atoms with Crippen LogP contribution in [0.25, 0.3) is 0 Å². The van der Waals surface area contributed by atoms with Crippen LogP contribution in [0, 0.1) is 11.7 Å². The lowest BCUT2D eigenvalue weighted by Gasteiger charge is -2.34. The zero-order valence-corrected chi connectivity index (χ0v) is 20.0. The van der Waals surface area contributed by atoms with Gasteiger partial charge in [0.25, 0.3) is 0 Å². The van der Waals surface area contributed by atoms with Crippen molar-refractivity contribution in [3.8, 4) is 11.5 Å². The molecule has 1 amide bonds. The highest BCUT2D eigenvalue weighted by Crippen LogP contribution is 2.33. The standard InChI is InChI=1S/C26H34FN5O2/c1-4-9-29-25-21(5-2)23(8-10-30-25)34-24-7-6-17(12-22(24)27)11-18(14-28)26(33)32-16-19-13-20(32)15-31(19)3/h4,6-8,10,12,18-20H,1,5,9,11,13-16,28H2,2-3H3,(H,29,30)/t18?,19-,20-/m0/s1. The third-order valence-corrected chi connectivity index (χ3v) is 6.91. The lowest BCUT2D eigenvalue weighted by Crippen LogP contribution is -2.50. The molecular formula is C26H34FN5O2. The van der Waals surface area contributed by atoms with Crippen LogP contribution in [0.5, 0.6) is 11.5 Å². The highest BCUT2D eigenvalue weighted by atomic mass is 19.1. The second-order valence-corrected chi connectivity index (χ2v) is 9.14. The number of hydrogen-bond donors (Lipinski definition) is 2. The summed E-state index contributed by atoms with van der Waals surface area (Å²) in [6, 6.07) is 7.31. The molecular weight excluding hydrogens is 433 g/mol. The molecule has 8 heteroatoms. The quantitative estimate of drug-likeness (QED) is 0.522. The van der Waals surface area contributed by atoms with Gasteiger partial charge in [-0.3, -0.25) is 9.69 Å². The first-order chi connectivity index (χ1) is 16.4. The fraction of sp³-hybridized carbons (Fsp3) is 0.462. The van der Waals surface area contributed by atoms with Gasteiger partial charge in [0.15, 0.2) is 11.6 Å². The van der Waals surface area contributed by atoms with Gasteiger partial charge in [0.2, 0.25) is 5.91 Å². The molecule has 1 aromatic carbocycles. The molecule has 0 spiro atoms. The minimum Gasteiger partial charge on any atom is -0.454 e. The molecule has 3 N–H and O–H groups in total. The van der Waals surface area contributed by atoms with Crippen molar-refractivity contribution in [2.24, 2.45) is 11.7 Å². The molecule has 34 heavy (non-hydrogen) atoms. The molecule has 1 unspecified atom stereocenters. The summed E-state index contributed by atoms with van der Waals surface area (Å²) in [6.45, 7) is 8.18. The van der Waals surface area contributed by atoms with Crippen LogP contribution < -0.4 is 15.8 Å². The van der Waals surface area contributed by atoms with Gasteiger partial charge < -0.3 is 20.7 Å². The predicted octanol–water partition coefficient (Wildman–Crippen LogP) is 3.21. The van der Waals surface area contributed by atoms with Gasteiger partial charge in [-0.25, -0.2) is 9.37 Å². The van der Waals surface area contributed by atoms with Crippen molar-refractivity contribution in [1.82, 2.24) is 14.8 Å². The third kappa shape index (κ3) is 4.93. The maximum atomic E-state index is 15.0. The summed E-state index contributed by atoms with van der Waals surface area (Å²) >= 11 is 0. The Morgan fingerprint density at radius 1 is 1.35 bits per heavy atom. The summed E-state index contributed by atoms with van der Waals surface area (Å²) < 4.78 is 20.9. The van der Waals surface area contributed by atoms with Crippen molar-refractivity contribution in [1.29, 1.82) is 0 Å². The Morgan fingerprint density at radius 3 is 2.79 bits per heavy atom. The Labute approximate surface area is 200 Å². The van der Waals surface area contributed by atoms with Crippen LogP contribution >= 0.6 is 0 Å². The van der Waals surface area contributed by atoms with E-state index in [1.807, 2.05) is 17.9 Å². The summed E-state index contributed by atoms with van der Waals surface area (Å²) in [5, 5.41) is 3.18. The van der Waals surface area contributed by atoms with Gasteiger partial charge in [0.1, 0.15) is 11.6 Å². The Hall–Kier alpha value is -2.97. The first-order valence-electron chi connectivity index (χ1n) is 11.9. The lowest BCUT2D eigenvalue weighted by molar-refractivity contribution is -0.137. The highest BCUT2D eigenvalue weighted by molar-refractivity contribution is 5.80. The van der Waals surface area contributed by atoms with Gasteiger partial charge in [0.05, 0.1) is 5.92 Å². The summed E-state index contributed by atoms with van der Waals surface area (Å²) in [5.74, 6) is 0.633. The van der Waals surface area contributed by atoms with Crippen molar-refractivity contribution >= 4 is 11.7 Å². The maximum absolute atomic E-state index is 15.0. The number of anilines is 1. The van der Waals surface area contributed by atoms with E-state index >= 15 is 0 Å². The molecule has 0 saturated carbocycles. The molecule has 2 fully saturated rings. The number of likely N-dealkylation sites (tertiary alicyclic amines) is 2. The van der Waals surface area contributed by atoms with E-state index in [1.165, 1.54) is 6.07 Å². The van der Waals surface area contributed by atoms with Crippen molar-refractivity contribution in [3.63, 3.8) is 0 Å². The van der Waals surface area contributed by atoms with Gasteiger partial charge in [-0.05, 0) is 50.1 Å². The van der Waals surface area contributed by atoms with Gasteiger partial charge in [-0.2, -0.15) is 0 Å². The first kappa shape index (κ1) is 24.2. The number of hydrogen-bond acceptors (Lipinski definition) is 6.